The van der Waals surface area contributed by atoms with Crippen LogP contribution in [0.5, 0.6) is 5.75 Å². The Morgan fingerprint density at radius 1 is 1.15 bits per heavy atom. The van der Waals surface area contributed by atoms with Crippen molar-refractivity contribution < 1.29 is 19.4 Å². The molecule has 1 aliphatic rings. The highest BCUT2D eigenvalue weighted by molar-refractivity contribution is 9.10. The first-order valence-corrected chi connectivity index (χ1v) is 9.28. The fourth-order valence-corrected chi connectivity index (χ4v) is 3.24. The summed E-state index contributed by atoms with van der Waals surface area (Å²) in [7, 11) is 1.60. The van der Waals surface area contributed by atoms with Gasteiger partial charge in [0.25, 0.3) is 0 Å². The maximum atomic E-state index is 12.6. The molecule has 1 N–H and O–H groups in total. The zero-order chi connectivity index (χ0) is 19.4. The van der Waals surface area contributed by atoms with E-state index in [-0.39, 0.29) is 24.8 Å². The summed E-state index contributed by atoms with van der Waals surface area (Å²) in [5.74, 6) is -0.569. The first-order chi connectivity index (χ1) is 13.0. The molecule has 1 amide bonds. The number of carbonyl (C=O) groups excluding carboxylic acids is 1. The number of methoxy groups -OCH3 is 1. The molecule has 0 saturated heterocycles. The molecule has 0 bridgehead atoms. The summed E-state index contributed by atoms with van der Waals surface area (Å²) in [6.45, 7) is 0. The Kier molecular flexibility index (Phi) is 5.91. The van der Waals surface area contributed by atoms with Crippen molar-refractivity contribution in [1.82, 2.24) is 5.01 Å². The van der Waals surface area contributed by atoms with Gasteiger partial charge in [-0.3, -0.25) is 9.59 Å². The van der Waals surface area contributed by atoms with Gasteiger partial charge in [-0.25, -0.2) is 5.01 Å². The topological polar surface area (TPSA) is 79.2 Å². The summed E-state index contributed by atoms with van der Waals surface area (Å²) in [6, 6.07) is 15.0. The maximum Gasteiger partial charge on any atom is 0.303 e. The molecule has 27 heavy (non-hydrogen) atoms. The van der Waals surface area contributed by atoms with Gasteiger partial charge in [0.2, 0.25) is 5.91 Å². The molecule has 140 valence electrons. The van der Waals surface area contributed by atoms with Gasteiger partial charge in [0.1, 0.15) is 5.75 Å². The lowest BCUT2D eigenvalue weighted by Crippen LogP contribution is -2.27. The minimum Gasteiger partial charge on any atom is -0.497 e. The molecule has 1 aliphatic heterocycles. The van der Waals surface area contributed by atoms with Crippen molar-refractivity contribution in [2.45, 2.75) is 25.3 Å². The third-order valence-electron chi connectivity index (χ3n) is 4.40. The van der Waals surface area contributed by atoms with Crippen LogP contribution in [-0.4, -0.2) is 34.8 Å². The van der Waals surface area contributed by atoms with Crippen molar-refractivity contribution in [3.8, 4) is 5.75 Å². The number of carbonyl (C=O) groups is 2. The van der Waals surface area contributed by atoms with E-state index in [2.05, 4.69) is 21.0 Å². The lowest BCUT2D eigenvalue weighted by Gasteiger charge is -2.22. The lowest BCUT2D eigenvalue weighted by atomic mass is 9.98. The van der Waals surface area contributed by atoms with Crippen molar-refractivity contribution in [2.75, 3.05) is 7.11 Å². The number of hydrogen-bond donors (Lipinski definition) is 1. The minimum atomic E-state index is -0.999. The molecule has 0 aliphatic carbocycles. The standard InChI is InChI=1S/C20H19BrN2O4/c1-27-16-8-4-14(5-9-16)18-12-17(13-2-6-15(21)7-3-13)22-23(18)19(24)10-11-20(25)26/h2-9,18H,10-12H2,1H3,(H,25,26). The summed E-state index contributed by atoms with van der Waals surface area (Å²) in [6.07, 6.45) is 0.264. The number of ether oxygens (including phenoxy) is 1. The molecular formula is C20H19BrN2O4. The zero-order valence-corrected chi connectivity index (χ0v) is 16.3. The number of carboxylic acids is 1. The Labute approximate surface area is 165 Å². The molecule has 2 aromatic carbocycles. The number of halogens is 1. The molecule has 0 spiro atoms. The van der Waals surface area contributed by atoms with E-state index >= 15 is 0 Å². The van der Waals surface area contributed by atoms with Gasteiger partial charge >= 0.3 is 5.97 Å². The molecule has 3 rings (SSSR count). The normalized spacial score (nSPS) is 16.1. The van der Waals surface area contributed by atoms with Gasteiger partial charge in [0.15, 0.2) is 0 Å². The van der Waals surface area contributed by atoms with E-state index in [0.29, 0.717) is 6.42 Å². The highest BCUT2D eigenvalue weighted by Crippen LogP contribution is 2.34. The van der Waals surface area contributed by atoms with Crippen LogP contribution in [0.3, 0.4) is 0 Å². The van der Waals surface area contributed by atoms with Gasteiger partial charge in [-0.05, 0) is 35.4 Å². The summed E-state index contributed by atoms with van der Waals surface area (Å²) >= 11 is 3.41. The smallest absolute Gasteiger partial charge is 0.303 e. The van der Waals surface area contributed by atoms with Crippen molar-refractivity contribution >= 4 is 33.5 Å². The Morgan fingerprint density at radius 2 is 1.81 bits per heavy atom. The third kappa shape index (κ3) is 4.54. The monoisotopic (exact) mass is 430 g/mol. The fourth-order valence-electron chi connectivity index (χ4n) is 2.97. The van der Waals surface area contributed by atoms with E-state index in [0.717, 1.165) is 27.1 Å². The van der Waals surface area contributed by atoms with Crippen LogP contribution < -0.4 is 4.74 Å². The molecule has 1 heterocycles. The number of rotatable bonds is 6. The predicted molar refractivity (Wildman–Crippen MR) is 105 cm³/mol. The summed E-state index contributed by atoms with van der Waals surface area (Å²) in [5.41, 5.74) is 2.66. The average Bonchev–Trinajstić information content (AvgIpc) is 3.12. The molecule has 7 heteroatoms. The second-order valence-electron chi connectivity index (χ2n) is 6.18. The van der Waals surface area contributed by atoms with Gasteiger partial charge in [-0.15, -0.1) is 0 Å². The maximum absolute atomic E-state index is 12.6. The van der Waals surface area contributed by atoms with Crippen LogP contribution >= 0.6 is 15.9 Å². The number of nitrogens with zero attached hydrogens (tertiary/aromatic N) is 2. The number of benzene rings is 2. The van der Waals surface area contributed by atoms with Gasteiger partial charge in [-0.2, -0.15) is 5.10 Å². The molecule has 0 saturated carbocycles. The fraction of sp³-hybridized carbons (Fsp3) is 0.250. The first kappa shape index (κ1) is 19.1. The average molecular weight is 431 g/mol. The van der Waals surface area contributed by atoms with Crippen molar-refractivity contribution in [3.05, 3.63) is 64.1 Å². The van der Waals surface area contributed by atoms with E-state index < -0.39 is 5.97 Å². The van der Waals surface area contributed by atoms with Crippen molar-refractivity contribution in [3.63, 3.8) is 0 Å². The molecule has 2 aromatic rings. The van der Waals surface area contributed by atoms with Crippen LogP contribution in [0.25, 0.3) is 0 Å². The largest absolute Gasteiger partial charge is 0.497 e. The van der Waals surface area contributed by atoms with E-state index in [1.54, 1.807) is 7.11 Å². The molecule has 0 aromatic heterocycles. The summed E-state index contributed by atoms with van der Waals surface area (Å²) in [5, 5.41) is 14.8. The molecular weight excluding hydrogens is 412 g/mol. The number of hydrogen-bond acceptors (Lipinski definition) is 4. The first-order valence-electron chi connectivity index (χ1n) is 8.49. The van der Waals surface area contributed by atoms with Crippen LogP contribution in [0.2, 0.25) is 0 Å². The molecule has 0 fully saturated rings. The van der Waals surface area contributed by atoms with Crippen LogP contribution in [0.1, 0.15) is 36.4 Å². The Balaban J connectivity index is 1.89. The number of amides is 1. The van der Waals surface area contributed by atoms with Crippen LogP contribution in [-0.2, 0) is 9.59 Å². The zero-order valence-electron chi connectivity index (χ0n) is 14.8. The number of carboxylic acid groups (broad SMARTS) is 1. The molecule has 0 radical (unpaired) electrons. The van der Waals surface area contributed by atoms with E-state index in [1.165, 1.54) is 5.01 Å². The van der Waals surface area contributed by atoms with Crippen LogP contribution in [0.4, 0.5) is 0 Å². The van der Waals surface area contributed by atoms with Gasteiger partial charge < -0.3 is 9.84 Å². The SMILES string of the molecule is COc1ccc(C2CC(c3ccc(Br)cc3)=NN2C(=O)CCC(=O)O)cc1. The number of hydrazone groups is 1. The predicted octanol–water partition coefficient (Wildman–Crippen LogP) is 4.00. The van der Waals surface area contributed by atoms with Gasteiger partial charge in [0, 0.05) is 17.3 Å². The quantitative estimate of drug-likeness (QED) is 0.750. The van der Waals surface area contributed by atoms with Gasteiger partial charge in [-0.1, -0.05) is 40.2 Å². The van der Waals surface area contributed by atoms with Crippen LogP contribution in [0.15, 0.2) is 58.1 Å². The van der Waals surface area contributed by atoms with Crippen LogP contribution in [0, 0.1) is 0 Å². The highest BCUT2D eigenvalue weighted by Gasteiger charge is 2.33. The van der Waals surface area contributed by atoms with Gasteiger partial charge in [0.05, 0.1) is 25.3 Å². The molecule has 1 unspecified atom stereocenters. The van der Waals surface area contributed by atoms with E-state index in [4.69, 9.17) is 9.84 Å². The summed E-state index contributed by atoms with van der Waals surface area (Å²) < 4.78 is 6.16. The Hall–Kier alpha value is -2.67. The highest BCUT2D eigenvalue weighted by atomic mass is 79.9. The lowest BCUT2D eigenvalue weighted by molar-refractivity contribution is -0.141. The Bertz CT molecular complexity index is 863. The second-order valence-corrected chi connectivity index (χ2v) is 7.09. The van der Waals surface area contributed by atoms with Crippen molar-refractivity contribution in [2.24, 2.45) is 5.10 Å². The summed E-state index contributed by atoms with van der Waals surface area (Å²) in [4.78, 5) is 23.4. The van der Waals surface area contributed by atoms with E-state index in [9.17, 15) is 9.59 Å². The van der Waals surface area contributed by atoms with E-state index in [1.807, 2.05) is 48.5 Å². The second kappa shape index (κ2) is 8.35. The Morgan fingerprint density at radius 3 is 2.41 bits per heavy atom. The number of aliphatic carboxylic acids is 1. The van der Waals surface area contributed by atoms with Crippen molar-refractivity contribution in [1.29, 1.82) is 0 Å². The third-order valence-corrected chi connectivity index (χ3v) is 4.93. The molecule has 1 atom stereocenters. The minimum absolute atomic E-state index is 0.0842. The molecule has 6 nitrogen and oxygen atoms in total.